The number of hydrogen-bond donors (Lipinski definition) is 3. The number of amides is 1. The normalized spacial score (nSPS) is 11.3. The highest BCUT2D eigenvalue weighted by Gasteiger charge is 2.31. The third-order valence-electron chi connectivity index (χ3n) is 4.91. The van der Waals surface area contributed by atoms with Gasteiger partial charge in [-0.05, 0) is 35.4 Å². The molecule has 0 spiro atoms. The monoisotopic (exact) mass is 542 g/mol. The minimum absolute atomic E-state index is 0.0723. The number of rotatable bonds is 13. The van der Waals surface area contributed by atoms with Crippen LogP contribution in [0.4, 0.5) is 19.0 Å². The molecule has 13 heteroatoms. The number of aliphatic hydroxyl groups excluding tert-OH is 1. The number of hydrogen-bond acceptors (Lipinski definition) is 7. The molecule has 2 aromatic carbocycles. The van der Waals surface area contributed by atoms with Gasteiger partial charge in [0.2, 0.25) is 0 Å². The maximum Gasteiger partial charge on any atom is 0.573 e. The van der Waals surface area contributed by atoms with Crippen LogP contribution in [0.25, 0.3) is 0 Å². The Morgan fingerprint density at radius 2 is 1.89 bits per heavy atom. The highest BCUT2D eigenvalue weighted by Crippen LogP contribution is 2.27. The van der Waals surface area contributed by atoms with Crippen LogP contribution in [0.15, 0.2) is 48.5 Å². The summed E-state index contributed by atoms with van der Waals surface area (Å²) in [6.07, 6.45) is -4.82. The van der Waals surface area contributed by atoms with Crippen molar-refractivity contribution < 1.29 is 37.3 Å². The molecule has 3 N–H and O–H groups in total. The van der Waals surface area contributed by atoms with Crippen LogP contribution < -0.4 is 20.1 Å². The lowest BCUT2D eigenvalue weighted by atomic mass is 10.2. The van der Waals surface area contributed by atoms with E-state index in [1.807, 2.05) is 0 Å². The Balaban J connectivity index is 1.86. The molecule has 9 nitrogen and oxygen atoms in total. The fourth-order valence-corrected chi connectivity index (χ4v) is 3.46. The minimum atomic E-state index is -4.82. The van der Waals surface area contributed by atoms with Crippen molar-refractivity contribution in [3.8, 4) is 11.8 Å². The van der Waals surface area contributed by atoms with E-state index in [0.29, 0.717) is 10.6 Å². The van der Waals surface area contributed by atoms with Gasteiger partial charge in [-0.25, -0.2) is 0 Å². The Morgan fingerprint density at radius 1 is 1.14 bits per heavy atom. The lowest BCUT2D eigenvalue weighted by molar-refractivity contribution is -0.274. The summed E-state index contributed by atoms with van der Waals surface area (Å²) in [6, 6.07) is 12.4. The molecule has 1 amide bonds. The van der Waals surface area contributed by atoms with Crippen molar-refractivity contribution in [3.63, 3.8) is 0 Å². The maximum absolute atomic E-state index is 13.1. The van der Waals surface area contributed by atoms with Gasteiger partial charge in [0.05, 0.1) is 26.4 Å². The standard InChI is InChI=1S/C24H26ClF3N4O5/c1-29-21-20(22(34)30-9-11-35-12-10-33)32(14-16-5-7-18(25)8-6-16)23(31-21)36-15-17-3-2-4-19(13-17)37-24(26,27)28/h2-8,13,29,33H,9-12,14-15H2,1H3,(H,30,34). The molecule has 0 aliphatic heterocycles. The number of carbonyl (C=O) groups excluding carboxylic acids is 1. The Hall–Kier alpha value is -3.48. The lowest BCUT2D eigenvalue weighted by Gasteiger charge is -2.14. The molecule has 3 aromatic rings. The van der Waals surface area contributed by atoms with Crippen molar-refractivity contribution in [2.75, 3.05) is 38.7 Å². The minimum Gasteiger partial charge on any atom is -0.460 e. The predicted molar refractivity (Wildman–Crippen MR) is 130 cm³/mol. The highest BCUT2D eigenvalue weighted by atomic mass is 35.5. The van der Waals surface area contributed by atoms with E-state index in [0.717, 1.165) is 5.56 Å². The van der Waals surface area contributed by atoms with E-state index in [4.69, 9.17) is 26.2 Å². The lowest BCUT2D eigenvalue weighted by Crippen LogP contribution is -2.30. The Morgan fingerprint density at radius 3 is 2.57 bits per heavy atom. The third kappa shape index (κ3) is 8.55. The van der Waals surface area contributed by atoms with Gasteiger partial charge in [-0.1, -0.05) is 35.9 Å². The number of nitrogens with one attached hydrogen (secondary N) is 2. The average Bonchev–Trinajstić information content (AvgIpc) is 3.20. The summed E-state index contributed by atoms with van der Waals surface area (Å²) < 4.78 is 54.3. The van der Waals surface area contributed by atoms with Crippen molar-refractivity contribution in [1.82, 2.24) is 14.9 Å². The molecule has 0 atom stereocenters. The number of imidazole rings is 1. The number of carbonyl (C=O) groups is 1. The summed E-state index contributed by atoms with van der Waals surface area (Å²) in [7, 11) is 1.60. The van der Waals surface area contributed by atoms with E-state index in [1.54, 1.807) is 41.9 Å². The number of aromatic nitrogens is 2. The summed E-state index contributed by atoms with van der Waals surface area (Å²) in [5.41, 5.74) is 1.39. The van der Waals surface area contributed by atoms with Gasteiger partial charge in [0, 0.05) is 18.6 Å². The van der Waals surface area contributed by atoms with Crippen molar-refractivity contribution >= 4 is 23.3 Å². The fraction of sp³-hybridized carbons (Fsp3) is 0.333. The number of nitrogens with zero attached hydrogens (tertiary/aromatic N) is 2. The fourth-order valence-electron chi connectivity index (χ4n) is 3.33. The molecule has 0 bridgehead atoms. The first-order chi connectivity index (χ1) is 17.7. The molecule has 1 heterocycles. The van der Waals surface area contributed by atoms with E-state index in [2.05, 4.69) is 20.4 Å². The zero-order valence-corrected chi connectivity index (χ0v) is 20.6. The largest absolute Gasteiger partial charge is 0.573 e. The molecular weight excluding hydrogens is 517 g/mol. The second-order valence-electron chi connectivity index (χ2n) is 7.63. The van der Waals surface area contributed by atoms with E-state index >= 15 is 0 Å². The van der Waals surface area contributed by atoms with Crippen LogP contribution >= 0.6 is 11.6 Å². The van der Waals surface area contributed by atoms with Crippen molar-refractivity contribution in [3.05, 3.63) is 70.4 Å². The topological polar surface area (TPSA) is 107 Å². The maximum atomic E-state index is 13.1. The highest BCUT2D eigenvalue weighted by molar-refractivity contribution is 6.30. The molecule has 0 radical (unpaired) electrons. The first-order valence-electron chi connectivity index (χ1n) is 11.2. The van der Waals surface area contributed by atoms with Crippen LogP contribution in [0.1, 0.15) is 21.6 Å². The smallest absolute Gasteiger partial charge is 0.460 e. The quantitative estimate of drug-likeness (QED) is 0.282. The Labute approximate surface area is 216 Å². The van der Waals surface area contributed by atoms with Gasteiger partial charge in [0.15, 0.2) is 11.5 Å². The summed E-state index contributed by atoms with van der Waals surface area (Å²) >= 11 is 5.99. The van der Waals surface area contributed by atoms with Crippen LogP contribution in [-0.4, -0.2) is 60.3 Å². The number of anilines is 1. The molecule has 0 saturated carbocycles. The SMILES string of the molecule is CNc1nc(OCc2cccc(OC(F)(F)F)c2)n(Cc2ccc(Cl)cc2)c1C(=O)NCCOCCO. The number of alkyl halides is 3. The average molecular weight is 543 g/mol. The van der Waals surface area contributed by atoms with Gasteiger partial charge in [-0.3, -0.25) is 9.36 Å². The molecule has 1 aromatic heterocycles. The second kappa shape index (κ2) is 13.2. The van der Waals surface area contributed by atoms with E-state index < -0.39 is 12.3 Å². The van der Waals surface area contributed by atoms with Crippen LogP contribution in [0.5, 0.6) is 11.8 Å². The molecule has 0 aliphatic rings. The Kier molecular flexibility index (Phi) is 10.0. The van der Waals surface area contributed by atoms with E-state index in [9.17, 15) is 18.0 Å². The van der Waals surface area contributed by atoms with Gasteiger partial charge < -0.3 is 30.0 Å². The van der Waals surface area contributed by atoms with Crippen LogP contribution in [0, 0.1) is 0 Å². The molecule has 0 fully saturated rings. The first-order valence-corrected chi connectivity index (χ1v) is 11.5. The van der Waals surface area contributed by atoms with Gasteiger partial charge >= 0.3 is 6.36 Å². The van der Waals surface area contributed by atoms with Crippen molar-refractivity contribution in [2.45, 2.75) is 19.5 Å². The van der Waals surface area contributed by atoms with E-state index in [-0.39, 0.29) is 62.8 Å². The Bertz CT molecular complexity index is 1170. The van der Waals surface area contributed by atoms with Crippen LogP contribution in [0.3, 0.4) is 0 Å². The summed E-state index contributed by atoms with van der Waals surface area (Å²) in [5.74, 6) is -0.585. The van der Waals surface area contributed by atoms with Gasteiger partial charge in [0.25, 0.3) is 11.9 Å². The molecular formula is C24H26ClF3N4O5. The van der Waals surface area contributed by atoms with Gasteiger partial charge in [0.1, 0.15) is 12.4 Å². The van der Waals surface area contributed by atoms with Crippen LogP contribution in [0.2, 0.25) is 5.02 Å². The van der Waals surface area contributed by atoms with Gasteiger partial charge in [-0.2, -0.15) is 4.98 Å². The van der Waals surface area contributed by atoms with Crippen molar-refractivity contribution in [1.29, 1.82) is 0 Å². The number of aliphatic hydroxyl groups is 1. The second-order valence-corrected chi connectivity index (χ2v) is 8.07. The number of halogens is 4. The number of benzene rings is 2. The van der Waals surface area contributed by atoms with Gasteiger partial charge in [-0.15, -0.1) is 13.2 Å². The molecule has 200 valence electrons. The molecule has 0 aliphatic carbocycles. The summed E-state index contributed by atoms with van der Waals surface area (Å²) in [4.78, 5) is 17.5. The zero-order valence-electron chi connectivity index (χ0n) is 19.8. The summed E-state index contributed by atoms with van der Waals surface area (Å²) in [6.45, 7) is 0.480. The number of ether oxygens (including phenoxy) is 3. The zero-order chi connectivity index (χ0) is 26.8. The first kappa shape index (κ1) is 28.1. The summed E-state index contributed by atoms with van der Waals surface area (Å²) in [5, 5.41) is 15.0. The predicted octanol–water partition coefficient (Wildman–Crippen LogP) is 3.84. The van der Waals surface area contributed by atoms with E-state index in [1.165, 1.54) is 18.2 Å². The van der Waals surface area contributed by atoms with Crippen LogP contribution in [-0.2, 0) is 17.9 Å². The molecule has 0 saturated heterocycles. The third-order valence-corrected chi connectivity index (χ3v) is 5.16. The molecule has 0 unspecified atom stereocenters. The molecule has 3 rings (SSSR count). The molecule has 37 heavy (non-hydrogen) atoms. The van der Waals surface area contributed by atoms with Crippen molar-refractivity contribution in [2.24, 2.45) is 0 Å².